The van der Waals surface area contributed by atoms with E-state index in [9.17, 15) is 13.2 Å². The molecule has 2 aromatic rings. The van der Waals surface area contributed by atoms with Gasteiger partial charge in [0.05, 0.1) is 17.1 Å². The number of carbonyl (C=O) groups is 1. The Morgan fingerprint density at radius 2 is 1.79 bits per heavy atom. The van der Waals surface area contributed by atoms with E-state index in [0.717, 1.165) is 12.0 Å². The van der Waals surface area contributed by atoms with Crippen LogP contribution in [0.25, 0.3) is 0 Å². The minimum Gasteiger partial charge on any atom is -0.373 e. The number of ether oxygens (including phenoxy) is 1. The molecule has 3 rings (SSSR count). The van der Waals surface area contributed by atoms with Gasteiger partial charge in [0, 0.05) is 24.3 Å². The number of hydrogen-bond donors (Lipinski definition) is 1. The van der Waals surface area contributed by atoms with Crippen LogP contribution < -0.4 is 5.32 Å². The van der Waals surface area contributed by atoms with Crippen LogP contribution in [-0.2, 0) is 21.2 Å². The summed E-state index contributed by atoms with van der Waals surface area (Å²) in [5, 5.41) is 2.84. The SMILES string of the molecule is CCc1cccc(NC(=O)c2cccc(S(=O)(=O)N3CC(C)OC(C)C3)c2)c1. The van der Waals surface area contributed by atoms with Gasteiger partial charge in [-0.25, -0.2) is 8.42 Å². The number of benzene rings is 2. The van der Waals surface area contributed by atoms with Crippen LogP contribution in [0.1, 0.15) is 36.7 Å². The third kappa shape index (κ3) is 4.60. The lowest BCUT2D eigenvalue weighted by molar-refractivity contribution is -0.0440. The van der Waals surface area contributed by atoms with Gasteiger partial charge in [0.1, 0.15) is 0 Å². The standard InChI is InChI=1S/C21H26N2O4S/c1-4-17-7-5-9-19(11-17)22-21(24)18-8-6-10-20(12-18)28(25,26)23-13-15(2)27-16(3)14-23/h5-12,15-16H,4,13-14H2,1-3H3,(H,22,24). The summed E-state index contributed by atoms with van der Waals surface area (Å²) in [6.45, 7) is 6.35. The van der Waals surface area contributed by atoms with Crippen LogP contribution in [-0.4, -0.2) is 43.9 Å². The second-order valence-electron chi connectivity index (χ2n) is 7.12. The highest BCUT2D eigenvalue weighted by Gasteiger charge is 2.32. The van der Waals surface area contributed by atoms with E-state index in [2.05, 4.69) is 5.32 Å². The molecule has 2 atom stereocenters. The van der Waals surface area contributed by atoms with Crippen LogP contribution in [0.2, 0.25) is 0 Å². The monoisotopic (exact) mass is 402 g/mol. The Morgan fingerprint density at radius 1 is 1.11 bits per heavy atom. The molecule has 0 aliphatic carbocycles. The number of hydrogen-bond acceptors (Lipinski definition) is 4. The molecule has 1 amide bonds. The van der Waals surface area contributed by atoms with Gasteiger partial charge in [0.2, 0.25) is 10.0 Å². The van der Waals surface area contributed by atoms with Crippen LogP contribution in [0.4, 0.5) is 5.69 Å². The Labute approximate surface area is 166 Å². The maximum absolute atomic E-state index is 13.0. The number of aryl methyl sites for hydroxylation is 1. The molecule has 0 saturated carbocycles. The normalized spacial score (nSPS) is 20.7. The van der Waals surface area contributed by atoms with E-state index >= 15 is 0 Å². The van der Waals surface area contributed by atoms with Crippen molar-refractivity contribution >= 4 is 21.6 Å². The van der Waals surface area contributed by atoms with Gasteiger partial charge in [-0.05, 0) is 56.2 Å². The molecule has 0 bridgehead atoms. The van der Waals surface area contributed by atoms with E-state index < -0.39 is 10.0 Å². The molecule has 150 valence electrons. The van der Waals surface area contributed by atoms with Gasteiger partial charge in [-0.2, -0.15) is 4.31 Å². The number of morpholine rings is 1. The highest BCUT2D eigenvalue weighted by molar-refractivity contribution is 7.89. The van der Waals surface area contributed by atoms with Gasteiger partial charge < -0.3 is 10.1 Å². The summed E-state index contributed by atoms with van der Waals surface area (Å²) >= 11 is 0. The van der Waals surface area contributed by atoms with E-state index in [1.807, 2.05) is 45.0 Å². The number of anilines is 1. The molecule has 0 spiro atoms. The summed E-state index contributed by atoms with van der Waals surface area (Å²) < 4.78 is 33.1. The maximum atomic E-state index is 13.0. The average molecular weight is 403 g/mol. The number of rotatable bonds is 5. The molecule has 2 unspecified atom stereocenters. The zero-order valence-corrected chi connectivity index (χ0v) is 17.2. The first-order valence-electron chi connectivity index (χ1n) is 9.45. The fourth-order valence-corrected chi connectivity index (χ4v) is 4.98. The van der Waals surface area contributed by atoms with Crippen LogP contribution >= 0.6 is 0 Å². The number of sulfonamides is 1. The summed E-state index contributed by atoms with van der Waals surface area (Å²) in [5.74, 6) is -0.339. The van der Waals surface area contributed by atoms with E-state index in [4.69, 9.17) is 4.74 Å². The van der Waals surface area contributed by atoms with E-state index in [1.165, 1.54) is 16.4 Å². The van der Waals surface area contributed by atoms with Gasteiger partial charge >= 0.3 is 0 Å². The quantitative estimate of drug-likeness (QED) is 0.833. The first-order valence-corrected chi connectivity index (χ1v) is 10.9. The predicted molar refractivity (Wildman–Crippen MR) is 109 cm³/mol. The Hall–Kier alpha value is -2.22. The van der Waals surface area contributed by atoms with Crippen molar-refractivity contribution in [3.05, 3.63) is 59.7 Å². The zero-order valence-electron chi connectivity index (χ0n) is 16.4. The first-order chi connectivity index (χ1) is 13.3. The van der Waals surface area contributed by atoms with Crippen molar-refractivity contribution in [1.82, 2.24) is 4.31 Å². The Kier molecular flexibility index (Phi) is 6.17. The van der Waals surface area contributed by atoms with E-state index in [0.29, 0.717) is 24.3 Å². The lowest BCUT2D eigenvalue weighted by Crippen LogP contribution is -2.48. The summed E-state index contributed by atoms with van der Waals surface area (Å²) in [7, 11) is -3.69. The number of carbonyl (C=O) groups excluding carboxylic acids is 1. The summed E-state index contributed by atoms with van der Waals surface area (Å²) in [6.07, 6.45) is 0.528. The minimum absolute atomic E-state index is 0.115. The molecule has 7 heteroatoms. The average Bonchev–Trinajstić information content (AvgIpc) is 2.67. The van der Waals surface area contributed by atoms with E-state index in [1.54, 1.807) is 12.1 Å². The molecule has 28 heavy (non-hydrogen) atoms. The topological polar surface area (TPSA) is 75.7 Å². The molecular formula is C21H26N2O4S. The smallest absolute Gasteiger partial charge is 0.255 e. The second-order valence-corrected chi connectivity index (χ2v) is 9.05. The Bertz CT molecular complexity index is 948. The van der Waals surface area contributed by atoms with Crippen molar-refractivity contribution in [2.45, 2.75) is 44.3 Å². The molecule has 1 fully saturated rings. The van der Waals surface area contributed by atoms with Crippen LogP contribution in [0.15, 0.2) is 53.4 Å². The zero-order chi connectivity index (χ0) is 20.3. The molecule has 1 heterocycles. The second kappa shape index (κ2) is 8.43. The van der Waals surface area contributed by atoms with Crippen LogP contribution in [0.3, 0.4) is 0 Å². The van der Waals surface area contributed by atoms with E-state index in [-0.39, 0.29) is 23.0 Å². The predicted octanol–water partition coefficient (Wildman–Crippen LogP) is 3.30. The molecule has 1 saturated heterocycles. The molecule has 0 radical (unpaired) electrons. The fourth-order valence-electron chi connectivity index (χ4n) is 3.35. The van der Waals surface area contributed by atoms with Crippen molar-refractivity contribution < 1.29 is 17.9 Å². The summed E-state index contributed by atoms with van der Waals surface area (Å²) in [4.78, 5) is 12.7. The number of nitrogens with zero attached hydrogens (tertiary/aromatic N) is 1. The van der Waals surface area contributed by atoms with Crippen LogP contribution in [0, 0.1) is 0 Å². The number of nitrogens with one attached hydrogen (secondary N) is 1. The number of amides is 1. The third-order valence-corrected chi connectivity index (χ3v) is 6.54. The van der Waals surface area contributed by atoms with Crippen molar-refractivity contribution in [2.75, 3.05) is 18.4 Å². The highest BCUT2D eigenvalue weighted by Crippen LogP contribution is 2.22. The van der Waals surface area contributed by atoms with Gasteiger partial charge in [-0.1, -0.05) is 25.1 Å². The van der Waals surface area contributed by atoms with Gasteiger partial charge in [-0.15, -0.1) is 0 Å². The van der Waals surface area contributed by atoms with Gasteiger partial charge in [0.25, 0.3) is 5.91 Å². The molecule has 6 nitrogen and oxygen atoms in total. The lowest BCUT2D eigenvalue weighted by Gasteiger charge is -2.34. The van der Waals surface area contributed by atoms with Crippen molar-refractivity contribution in [2.24, 2.45) is 0 Å². The molecule has 1 aliphatic heterocycles. The van der Waals surface area contributed by atoms with Crippen molar-refractivity contribution in [3.63, 3.8) is 0 Å². The molecular weight excluding hydrogens is 376 g/mol. The van der Waals surface area contributed by atoms with Crippen molar-refractivity contribution in [3.8, 4) is 0 Å². The fraction of sp³-hybridized carbons (Fsp3) is 0.381. The molecule has 1 aliphatic rings. The molecule has 1 N–H and O–H groups in total. The largest absolute Gasteiger partial charge is 0.373 e. The first kappa shape index (κ1) is 20.5. The summed E-state index contributed by atoms with van der Waals surface area (Å²) in [5.41, 5.74) is 2.11. The minimum atomic E-state index is -3.69. The summed E-state index contributed by atoms with van der Waals surface area (Å²) in [6, 6.07) is 13.8. The van der Waals surface area contributed by atoms with Crippen molar-refractivity contribution in [1.29, 1.82) is 0 Å². The van der Waals surface area contributed by atoms with Gasteiger partial charge in [-0.3, -0.25) is 4.79 Å². The molecule has 2 aromatic carbocycles. The highest BCUT2D eigenvalue weighted by atomic mass is 32.2. The van der Waals surface area contributed by atoms with Gasteiger partial charge in [0.15, 0.2) is 0 Å². The molecule has 0 aromatic heterocycles. The lowest BCUT2D eigenvalue weighted by atomic mass is 10.1. The Balaban J connectivity index is 1.82. The third-order valence-electron chi connectivity index (χ3n) is 4.71. The maximum Gasteiger partial charge on any atom is 0.255 e. The Morgan fingerprint density at radius 3 is 2.46 bits per heavy atom. The van der Waals surface area contributed by atoms with Crippen LogP contribution in [0.5, 0.6) is 0 Å².